The van der Waals surface area contributed by atoms with Gasteiger partial charge in [-0.2, -0.15) is 0 Å². The third-order valence-corrected chi connectivity index (χ3v) is 5.26. The molecule has 0 unspecified atom stereocenters. The number of nitrogens with one attached hydrogen (secondary N) is 1. The average molecular weight is 423 g/mol. The van der Waals surface area contributed by atoms with Crippen LogP contribution < -0.4 is 14.8 Å². The number of nitrogens with zero attached hydrogens (tertiary/aromatic N) is 1. The first-order chi connectivity index (χ1) is 14.8. The van der Waals surface area contributed by atoms with Crippen LogP contribution in [0.3, 0.4) is 0 Å². The summed E-state index contributed by atoms with van der Waals surface area (Å²) in [7, 11) is 3.25. The number of ether oxygens (including phenoxy) is 2. The zero-order valence-corrected chi connectivity index (χ0v) is 19.5. The Hall–Kier alpha value is -2.79. The van der Waals surface area contributed by atoms with Crippen LogP contribution in [0.25, 0.3) is 11.6 Å². The van der Waals surface area contributed by atoms with Gasteiger partial charge in [0.1, 0.15) is 11.5 Å². The molecule has 0 fully saturated rings. The van der Waals surface area contributed by atoms with Gasteiger partial charge in [-0.15, -0.1) is 0 Å². The molecule has 0 radical (unpaired) electrons. The van der Waals surface area contributed by atoms with Gasteiger partial charge in [0.2, 0.25) is 0 Å². The van der Waals surface area contributed by atoms with Crippen LogP contribution >= 0.6 is 0 Å². The predicted octanol–water partition coefficient (Wildman–Crippen LogP) is 5.31. The number of methoxy groups -OCH3 is 2. The molecule has 0 atom stereocenters. The quantitative estimate of drug-likeness (QED) is 0.557. The fourth-order valence-electron chi connectivity index (χ4n) is 4.09. The molecule has 0 aliphatic carbocycles. The maximum absolute atomic E-state index is 12.8. The minimum Gasteiger partial charge on any atom is -0.497 e. The van der Waals surface area contributed by atoms with E-state index in [9.17, 15) is 4.79 Å². The topological polar surface area (TPSA) is 50.8 Å². The lowest BCUT2D eigenvalue weighted by Gasteiger charge is -2.26. The Kier molecular flexibility index (Phi) is 7.39. The molecule has 2 aromatic rings. The number of anilines is 1. The molecule has 5 heteroatoms. The molecule has 0 aromatic heterocycles. The Morgan fingerprint density at radius 3 is 2.29 bits per heavy atom. The lowest BCUT2D eigenvalue weighted by molar-refractivity contribution is -0.110. The molecule has 1 aliphatic heterocycles. The molecular weight excluding hydrogens is 388 g/mol. The minimum absolute atomic E-state index is 0.0989. The molecule has 0 bridgehead atoms. The van der Waals surface area contributed by atoms with E-state index in [-0.39, 0.29) is 5.91 Å². The van der Waals surface area contributed by atoms with Crippen LogP contribution in [-0.2, 0) is 11.3 Å². The van der Waals surface area contributed by atoms with Crippen molar-refractivity contribution in [3.63, 3.8) is 0 Å². The summed E-state index contributed by atoms with van der Waals surface area (Å²) in [4.78, 5) is 15.2. The Bertz CT molecular complexity index is 953. The Morgan fingerprint density at radius 2 is 1.68 bits per heavy atom. The van der Waals surface area contributed by atoms with Crippen LogP contribution in [0, 0.1) is 11.8 Å². The van der Waals surface area contributed by atoms with Gasteiger partial charge in [0, 0.05) is 42.0 Å². The third-order valence-electron chi connectivity index (χ3n) is 5.26. The van der Waals surface area contributed by atoms with Gasteiger partial charge in [-0.1, -0.05) is 39.8 Å². The highest BCUT2D eigenvalue weighted by Crippen LogP contribution is 2.36. The highest BCUT2D eigenvalue weighted by atomic mass is 16.5. The van der Waals surface area contributed by atoms with Crippen LogP contribution in [0.2, 0.25) is 0 Å². The molecule has 0 spiro atoms. The molecule has 166 valence electrons. The van der Waals surface area contributed by atoms with Gasteiger partial charge >= 0.3 is 0 Å². The molecule has 1 heterocycles. The Balaban J connectivity index is 1.89. The Labute approximate surface area is 186 Å². The number of amides is 1. The summed E-state index contributed by atoms with van der Waals surface area (Å²) in [6.07, 6.45) is 1.87. The first-order valence-electron chi connectivity index (χ1n) is 10.9. The normalized spacial score (nSPS) is 14.5. The van der Waals surface area contributed by atoms with E-state index in [4.69, 9.17) is 9.47 Å². The molecule has 0 saturated carbocycles. The molecule has 1 N–H and O–H groups in total. The number of carbonyl (C=O) groups excluding carboxylic acids is 1. The molecule has 1 amide bonds. The summed E-state index contributed by atoms with van der Waals surface area (Å²) in [5.41, 5.74) is 4.43. The van der Waals surface area contributed by atoms with E-state index in [1.807, 2.05) is 30.3 Å². The molecule has 1 aliphatic rings. The zero-order chi connectivity index (χ0) is 22.5. The standard InChI is InChI=1S/C26H34N2O3/c1-17(2)14-28(15-18(3)4)16-19-7-9-22-23(26(29)27-24(22)11-19)13-20-12-21(30-5)8-10-25(20)31-6/h7-13,17-18H,14-16H2,1-6H3,(H,27,29). The van der Waals surface area contributed by atoms with Gasteiger partial charge in [0.15, 0.2) is 0 Å². The van der Waals surface area contributed by atoms with E-state index >= 15 is 0 Å². The van der Waals surface area contributed by atoms with Crippen LogP contribution in [0.15, 0.2) is 36.4 Å². The molecule has 2 aromatic carbocycles. The summed E-state index contributed by atoms with van der Waals surface area (Å²) in [5, 5.41) is 3.03. The van der Waals surface area contributed by atoms with Gasteiger partial charge in [0.05, 0.1) is 14.2 Å². The summed E-state index contributed by atoms with van der Waals surface area (Å²) in [6, 6.07) is 11.8. The first kappa shape index (κ1) is 22.9. The van der Waals surface area contributed by atoms with Crippen LogP contribution in [0.1, 0.15) is 44.4 Å². The van der Waals surface area contributed by atoms with Gasteiger partial charge in [-0.05, 0) is 47.7 Å². The molecule has 0 saturated heterocycles. The monoisotopic (exact) mass is 422 g/mol. The van der Waals surface area contributed by atoms with Gasteiger partial charge in [0.25, 0.3) is 5.91 Å². The summed E-state index contributed by atoms with van der Waals surface area (Å²) >= 11 is 0. The first-order valence-corrected chi connectivity index (χ1v) is 10.9. The molecule has 3 rings (SSSR count). The van der Waals surface area contributed by atoms with E-state index in [1.54, 1.807) is 14.2 Å². The molecule has 5 nitrogen and oxygen atoms in total. The highest BCUT2D eigenvalue weighted by Gasteiger charge is 2.25. The van der Waals surface area contributed by atoms with Crippen molar-refractivity contribution in [3.05, 3.63) is 53.1 Å². The van der Waals surface area contributed by atoms with E-state index in [1.165, 1.54) is 5.56 Å². The van der Waals surface area contributed by atoms with Gasteiger partial charge < -0.3 is 14.8 Å². The van der Waals surface area contributed by atoms with Crippen molar-refractivity contribution < 1.29 is 14.3 Å². The second-order valence-electron chi connectivity index (χ2n) is 8.98. The number of carbonyl (C=O) groups is 1. The third kappa shape index (κ3) is 5.67. The van der Waals surface area contributed by atoms with E-state index in [0.717, 1.165) is 42.2 Å². The zero-order valence-electron chi connectivity index (χ0n) is 19.5. The molecule has 31 heavy (non-hydrogen) atoms. The van der Waals surface area contributed by atoms with Gasteiger partial charge in [-0.3, -0.25) is 9.69 Å². The Morgan fingerprint density at radius 1 is 0.968 bits per heavy atom. The van der Waals surface area contributed by atoms with Crippen LogP contribution in [-0.4, -0.2) is 38.1 Å². The van der Waals surface area contributed by atoms with Crippen molar-refractivity contribution in [3.8, 4) is 11.5 Å². The molecular formula is C26H34N2O3. The number of hydrogen-bond acceptors (Lipinski definition) is 4. The van der Waals surface area contributed by atoms with Crippen molar-refractivity contribution in [2.75, 3.05) is 32.6 Å². The number of benzene rings is 2. The maximum atomic E-state index is 12.8. The second-order valence-corrected chi connectivity index (χ2v) is 8.98. The fourth-order valence-corrected chi connectivity index (χ4v) is 4.09. The van der Waals surface area contributed by atoms with Crippen LogP contribution in [0.4, 0.5) is 5.69 Å². The number of hydrogen-bond donors (Lipinski definition) is 1. The van der Waals surface area contributed by atoms with E-state index in [0.29, 0.717) is 23.2 Å². The van der Waals surface area contributed by atoms with Crippen molar-refractivity contribution in [2.24, 2.45) is 11.8 Å². The smallest absolute Gasteiger partial charge is 0.256 e. The number of fused-ring (bicyclic) bond motifs is 1. The number of rotatable bonds is 9. The second kappa shape index (κ2) is 10.0. The van der Waals surface area contributed by atoms with E-state index < -0.39 is 0 Å². The van der Waals surface area contributed by atoms with Gasteiger partial charge in [-0.25, -0.2) is 0 Å². The summed E-state index contributed by atoms with van der Waals surface area (Å²) in [5.74, 6) is 2.54. The maximum Gasteiger partial charge on any atom is 0.256 e. The SMILES string of the molecule is COc1ccc(OC)c(C=C2C(=O)Nc3cc(CN(CC(C)C)CC(C)C)ccc32)c1. The average Bonchev–Trinajstić information content (AvgIpc) is 3.01. The van der Waals surface area contributed by atoms with E-state index in [2.05, 4.69) is 50.0 Å². The van der Waals surface area contributed by atoms with Crippen molar-refractivity contribution in [2.45, 2.75) is 34.2 Å². The lowest BCUT2D eigenvalue weighted by Crippen LogP contribution is -2.30. The van der Waals surface area contributed by atoms with Crippen LogP contribution in [0.5, 0.6) is 11.5 Å². The van der Waals surface area contributed by atoms with Crippen molar-refractivity contribution >= 4 is 23.2 Å². The fraction of sp³-hybridized carbons (Fsp3) is 0.423. The van der Waals surface area contributed by atoms with Crippen molar-refractivity contribution in [1.29, 1.82) is 0 Å². The largest absolute Gasteiger partial charge is 0.497 e. The summed E-state index contributed by atoms with van der Waals surface area (Å²) < 4.78 is 10.8. The highest BCUT2D eigenvalue weighted by molar-refractivity contribution is 6.35. The lowest BCUT2D eigenvalue weighted by atomic mass is 10.0. The minimum atomic E-state index is -0.0989. The predicted molar refractivity (Wildman–Crippen MR) is 127 cm³/mol. The summed E-state index contributed by atoms with van der Waals surface area (Å²) in [6.45, 7) is 12.0. The van der Waals surface area contributed by atoms with Crippen molar-refractivity contribution in [1.82, 2.24) is 4.90 Å².